The summed E-state index contributed by atoms with van der Waals surface area (Å²) in [7, 11) is 0. The second-order valence-electron chi connectivity index (χ2n) is 32.5. The molecule has 744 valence electrons. The third-order valence-corrected chi connectivity index (χ3v) is 15.1. The van der Waals surface area contributed by atoms with Gasteiger partial charge < -0.3 is 84.3 Å². The van der Waals surface area contributed by atoms with Crippen LogP contribution in [0.2, 0.25) is 0 Å². The average Bonchev–Trinajstić information content (AvgIpc) is 0.776. The van der Waals surface area contributed by atoms with Crippen molar-refractivity contribution in [3.63, 3.8) is 0 Å². The number of carboxylic acids is 2. The molecule has 0 unspecified atom stereocenters. The number of halogens is 1. The molecule has 14 N–H and O–H groups in total. The van der Waals surface area contributed by atoms with Gasteiger partial charge in [0.25, 0.3) is 0 Å². The number of amides is 4. The van der Waals surface area contributed by atoms with E-state index in [1.165, 1.54) is 24.3 Å². The summed E-state index contributed by atoms with van der Waals surface area (Å²) in [5.41, 5.74) is 38.6. The van der Waals surface area contributed by atoms with E-state index in [4.69, 9.17) is 33.1 Å². The van der Waals surface area contributed by atoms with E-state index in [2.05, 4.69) is 111 Å². The smallest absolute Gasteiger partial charge is 0.327 e. The Kier molecular flexibility index (Phi) is 110. The maximum atomic E-state index is 11.6. The van der Waals surface area contributed by atoms with Crippen molar-refractivity contribution in [2.75, 3.05) is 44.2 Å². The predicted molar refractivity (Wildman–Crippen MR) is 567 cm³/mol. The van der Waals surface area contributed by atoms with Crippen LogP contribution in [0.15, 0.2) is 260 Å². The molecule has 0 aliphatic carbocycles. The largest absolute Gasteiger partial charge is 0.478 e. The second kappa shape index (κ2) is 95.9. The molecule has 6 radical (unpaired) electrons. The summed E-state index contributed by atoms with van der Waals surface area (Å²) >= 11 is 3.20. The molecule has 10 rings (SSSR count). The minimum absolute atomic E-state index is 0. The fraction of sp³-hybridized carbons (Fsp3) is 0.327. The molecular weight excluding hydrogens is 2260 g/mol. The standard InChI is InChI=1S/2C13H18N2O.2C11H16N2O.5C7H8N.C6H5BrN.2C4H6O2.2C4H8.C3H6.2CH4.6Y/c2*1-13(2,3)9-8-12(16)15-11-7-5-4-6-10(11)14;2*1-11(2,3)10(14)13-9-7-5-4-6-8(9)12;5*1-6-3-4-7(2)8-5-6;1-5-2-3-6(7)8-4-5;2*1-2-3-4(5)6;2*1-3-4-2;1-3-2;;;;;;;;/h2*4-9H,14H2,1-3H3,(H,15,16);2*4-7H,12H2,1-3H3,(H,13,14);5*3-4H,1-2H3;2-3H,1H3;2*2-3H,1H3,(H,5,6);2*3-4H,1-2H3;3H,1H2,2H3;2*1H4;;;;;;/q;;;;6*-1;;;;;;;;;;;;;/b2*9-8+;;;;;;;;;2*3-2+;2*4-3+;;;;;;;;;. The molecule has 6 heterocycles. The van der Waals surface area contributed by atoms with Gasteiger partial charge in [0.05, 0.1) is 45.5 Å². The van der Waals surface area contributed by atoms with Gasteiger partial charge in [0, 0.05) is 219 Å². The first-order valence-electron chi connectivity index (χ1n) is 42.2. The summed E-state index contributed by atoms with van der Waals surface area (Å²) < 4.78 is 0.836. The van der Waals surface area contributed by atoms with Crippen molar-refractivity contribution >= 4 is 97.0 Å². The number of pyridine rings is 6. The quantitative estimate of drug-likeness (QED) is 0.0222. The van der Waals surface area contributed by atoms with Crippen LogP contribution in [0.1, 0.15) is 208 Å². The number of carbonyl (C=O) groups excluding carboxylic acids is 4. The minimum Gasteiger partial charge on any atom is -0.478 e. The summed E-state index contributed by atoms with van der Waals surface area (Å²) in [5, 5.41) is 26.7. The summed E-state index contributed by atoms with van der Waals surface area (Å²) in [6, 6.07) is 52.6. The Balaban J connectivity index is -0.000000113. The molecule has 0 bridgehead atoms. The van der Waals surface area contributed by atoms with Gasteiger partial charge in [-0.3, -0.25) is 19.2 Å². The molecule has 139 heavy (non-hydrogen) atoms. The first-order chi connectivity index (χ1) is 61.1. The van der Waals surface area contributed by atoms with E-state index >= 15 is 0 Å². The van der Waals surface area contributed by atoms with Crippen molar-refractivity contribution in [2.24, 2.45) is 21.7 Å². The van der Waals surface area contributed by atoms with Crippen LogP contribution < -0.4 is 44.2 Å². The third-order valence-electron chi connectivity index (χ3n) is 14.7. The number of para-hydroxylation sites is 8. The first kappa shape index (κ1) is 160. The first-order valence-corrected chi connectivity index (χ1v) is 42.9. The molecule has 0 spiro atoms. The number of nitrogens with zero attached hydrogens (tertiary/aromatic N) is 6. The summed E-state index contributed by atoms with van der Waals surface area (Å²) in [6.07, 6.45) is 38.7. The Hall–Kier alpha value is -6.92. The van der Waals surface area contributed by atoms with Crippen molar-refractivity contribution in [1.29, 1.82) is 0 Å². The van der Waals surface area contributed by atoms with Crippen LogP contribution in [-0.2, 0) is 225 Å². The zero-order valence-corrected chi connectivity index (χ0v) is 105. The van der Waals surface area contributed by atoms with Crippen LogP contribution in [0.3, 0.4) is 0 Å². The van der Waals surface area contributed by atoms with Gasteiger partial charge in [-0.2, -0.15) is 66.7 Å². The number of aliphatic carboxylic acids is 2. The molecule has 29 heteroatoms. The van der Waals surface area contributed by atoms with Crippen molar-refractivity contribution in [3.8, 4) is 0 Å². The Morgan fingerprint density at radius 2 is 0.496 bits per heavy atom. The number of nitrogens with two attached hydrogens (primary N) is 4. The van der Waals surface area contributed by atoms with E-state index in [0.717, 1.165) is 78.6 Å². The fourth-order valence-corrected chi connectivity index (χ4v) is 7.46. The molecule has 4 aromatic carbocycles. The van der Waals surface area contributed by atoms with E-state index in [1.807, 2.05) is 352 Å². The van der Waals surface area contributed by atoms with E-state index in [9.17, 15) is 28.8 Å². The van der Waals surface area contributed by atoms with Gasteiger partial charge in [0.1, 0.15) is 0 Å². The predicted octanol–water partition coefficient (Wildman–Crippen LogP) is 26.5. The van der Waals surface area contributed by atoms with E-state index in [-0.39, 0.29) is 246 Å². The third kappa shape index (κ3) is 104. The van der Waals surface area contributed by atoms with Crippen LogP contribution in [-0.4, -0.2) is 75.7 Å². The number of aromatic nitrogens is 6. The molecule has 4 amide bonds. The van der Waals surface area contributed by atoms with Crippen LogP contribution in [0, 0.1) is 135 Å². The molecule has 0 saturated heterocycles. The topological polar surface area (TPSA) is 372 Å². The number of carboxylic acid groups (broad SMARTS) is 2. The molecule has 0 fully saturated rings. The van der Waals surface area contributed by atoms with Crippen LogP contribution in [0.4, 0.5) is 45.5 Å². The fourth-order valence-electron chi connectivity index (χ4n) is 7.24. The zero-order chi connectivity index (χ0) is 101. The second-order valence-corrected chi connectivity index (χ2v) is 33.3. The van der Waals surface area contributed by atoms with Crippen molar-refractivity contribution in [1.82, 2.24) is 29.9 Å². The number of nitrogen functional groups attached to an aromatic ring is 4. The van der Waals surface area contributed by atoms with Crippen molar-refractivity contribution in [3.05, 3.63) is 359 Å². The Bertz CT molecular complexity index is 4360. The Morgan fingerprint density at radius 3 is 0.619 bits per heavy atom. The zero-order valence-electron chi connectivity index (χ0n) is 86.6. The number of hydrogen-bond acceptors (Lipinski definition) is 16. The van der Waals surface area contributed by atoms with Gasteiger partial charge in [0.15, 0.2) is 0 Å². The number of nitrogens with one attached hydrogen (secondary N) is 4. The SMILES string of the molecule is C.C.C/C=C/C.C/C=C/C.C/C=C/C(=O)O.C/C=C/C(=O)O.C=CC.CC(C)(C)/C=C/C(=O)Nc1ccccc1N.CC(C)(C)/C=C/C(=O)Nc1ccccc1N.CC(C)(C)C(=O)Nc1ccccc1N.CC(C)(C)C(=O)Nc1ccccc1N.Cc1[c-]nc(Br)cc1.Cc1[c-]nc(C)cc1.Cc1[c-]nc(C)cc1.Cc1[c-]nc(C)cc1.Cc1[c-]nc(C)cc1.Cc1[c-]nc(C)cc1.[Y].[Y].[Y].[Y].[Y].[Y]. The maximum absolute atomic E-state index is 11.6. The van der Waals surface area contributed by atoms with Gasteiger partial charge >= 0.3 is 11.9 Å². The van der Waals surface area contributed by atoms with Crippen molar-refractivity contribution < 1.29 is 235 Å². The Labute approximate surface area is 996 Å². The molecule has 0 aliphatic rings. The number of anilines is 8. The van der Waals surface area contributed by atoms with E-state index in [0.29, 0.717) is 45.5 Å². The molecule has 0 aliphatic heterocycles. The number of allylic oxidation sites excluding steroid dienone is 9. The summed E-state index contributed by atoms with van der Waals surface area (Å²) in [4.78, 5) is 89.0. The average molecular weight is 2410 g/mol. The van der Waals surface area contributed by atoms with Gasteiger partial charge in [0.2, 0.25) is 23.6 Å². The van der Waals surface area contributed by atoms with E-state index < -0.39 is 22.8 Å². The number of carbonyl (C=O) groups is 6. The van der Waals surface area contributed by atoms with Gasteiger partial charge in [-0.1, -0.05) is 343 Å². The minimum atomic E-state index is -0.891. The molecule has 10 aromatic rings. The molecule has 22 nitrogen and oxygen atoms in total. The van der Waals surface area contributed by atoms with Gasteiger partial charge in [-0.25, -0.2) is 9.59 Å². The summed E-state index contributed by atoms with van der Waals surface area (Å²) in [6.45, 7) is 61.6. The van der Waals surface area contributed by atoms with Crippen LogP contribution in [0.25, 0.3) is 0 Å². The normalized spacial score (nSPS) is 9.58. The Morgan fingerprint density at radius 1 is 0.309 bits per heavy atom. The number of hydrogen-bond donors (Lipinski definition) is 10. The van der Waals surface area contributed by atoms with Gasteiger partial charge in [-0.05, 0) is 125 Å². The number of rotatable bonds is 8. The van der Waals surface area contributed by atoms with Gasteiger partial charge in [-0.15, -0.1) is 62.0 Å². The van der Waals surface area contributed by atoms with Crippen molar-refractivity contribution in [2.45, 2.75) is 223 Å². The molecule has 0 saturated carbocycles. The molecular formula is C110H155BrN14O8Y6-6. The molecule has 6 aromatic heterocycles. The van der Waals surface area contributed by atoms with Crippen LogP contribution in [0.5, 0.6) is 0 Å². The maximum Gasteiger partial charge on any atom is 0.327 e. The monoisotopic (exact) mass is 2410 g/mol. The van der Waals surface area contributed by atoms with Crippen LogP contribution >= 0.6 is 15.9 Å². The number of aryl methyl sites for hydroxylation is 11. The molecule has 0 atom stereocenters. The van der Waals surface area contributed by atoms with E-state index in [1.54, 1.807) is 68.5 Å². The number of benzene rings is 4. The summed E-state index contributed by atoms with van der Waals surface area (Å²) in [5.74, 6) is -2.17.